The van der Waals surface area contributed by atoms with E-state index in [1.807, 2.05) is 6.07 Å². The van der Waals surface area contributed by atoms with E-state index in [0.717, 1.165) is 4.47 Å². The molecule has 0 fully saturated rings. The molecule has 0 aliphatic rings. The van der Waals surface area contributed by atoms with Crippen molar-refractivity contribution in [3.63, 3.8) is 0 Å². The molecule has 64 valence electrons. The summed E-state index contributed by atoms with van der Waals surface area (Å²) in [7, 11) is 0. The number of hydrogen-bond acceptors (Lipinski definition) is 3. The van der Waals surface area contributed by atoms with Gasteiger partial charge in [0.1, 0.15) is 11.9 Å². The largest absolute Gasteiger partial charge is 0.212 e. The number of halogens is 1. The van der Waals surface area contributed by atoms with Gasteiger partial charge in [0.05, 0.1) is 4.47 Å². The fourth-order valence-electron chi connectivity index (χ4n) is 1.13. The summed E-state index contributed by atoms with van der Waals surface area (Å²) in [6.45, 7) is 1.79. The molecule has 0 unspecified atom stereocenters. The standard InChI is InChI=1S/C8H5BrN4/c1-5-11-8-3-2-6(9)7(4-10)13(8)12-5/h2-3H,1H3. The zero-order chi connectivity index (χ0) is 9.42. The molecule has 0 spiro atoms. The third-order valence-electron chi connectivity index (χ3n) is 1.66. The van der Waals surface area contributed by atoms with E-state index in [-0.39, 0.29) is 0 Å². The van der Waals surface area contributed by atoms with Crippen LogP contribution in [0.4, 0.5) is 0 Å². The lowest BCUT2D eigenvalue weighted by molar-refractivity contribution is 0.910. The van der Waals surface area contributed by atoms with Gasteiger partial charge in [-0.05, 0) is 35.0 Å². The van der Waals surface area contributed by atoms with E-state index in [2.05, 4.69) is 32.1 Å². The second-order valence-corrected chi connectivity index (χ2v) is 3.43. The molecule has 2 rings (SSSR count). The minimum atomic E-state index is 0.470. The number of rotatable bonds is 0. The predicted molar refractivity (Wildman–Crippen MR) is 50.1 cm³/mol. The van der Waals surface area contributed by atoms with E-state index in [1.165, 1.54) is 4.52 Å². The predicted octanol–water partition coefficient (Wildman–Crippen LogP) is 1.67. The number of hydrogen-bond donors (Lipinski definition) is 0. The second kappa shape index (κ2) is 2.82. The number of pyridine rings is 1. The van der Waals surface area contributed by atoms with Crippen LogP contribution in [0.25, 0.3) is 5.65 Å². The Bertz CT molecular complexity index is 509. The number of nitrogens with zero attached hydrogens (tertiary/aromatic N) is 4. The molecule has 0 aromatic carbocycles. The van der Waals surface area contributed by atoms with Gasteiger partial charge in [0, 0.05) is 0 Å². The van der Waals surface area contributed by atoms with Crippen LogP contribution in [0.1, 0.15) is 11.5 Å². The first-order valence-corrected chi connectivity index (χ1v) is 4.43. The zero-order valence-corrected chi connectivity index (χ0v) is 8.41. The van der Waals surface area contributed by atoms with Crippen molar-refractivity contribution >= 4 is 21.6 Å². The Morgan fingerprint density at radius 3 is 3.00 bits per heavy atom. The minimum Gasteiger partial charge on any atom is -0.212 e. The molecule has 0 bridgehead atoms. The second-order valence-electron chi connectivity index (χ2n) is 2.57. The van der Waals surface area contributed by atoms with Crippen molar-refractivity contribution in [3.8, 4) is 6.07 Å². The number of nitriles is 1. The Hall–Kier alpha value is -1.41. The van der Waals surface area contributed by atoms with Crippen LogP contribution in [0.15, 0.2) is 16.6 Å². The summed E-state index contributed by atoms with van der Waals surface area (Å²) in [5.41, 5.74) is 1.16. The average molecular weight is 237 g/mol. The number of fused-ring (bicyclic) bond motifs is 1. The smallest absolute Gasteiger partial charge is 0.158 e. The first-order chi connectivity index (χ1) is 6.22. The van der Waals surface area contributed by atoms with E-state index in [9.17, 15) is 0 Å². The molecule has 0 saturated carbocycles. The summed E-state index contributed by atoms with van der Waals surface area (Å²) in [6.07, 6.45) is 0. The highest BCUT2D eigenvalue weighted by Gasteiger charge is 2.07. The Balaban J connectivity index is 2.93. The molecule has 0 atom stereocenters. The van der Waals surface area contributed by atoms with E-state index < -0.39 is 0 Å². The topological polar surface area (TPSA) is 54.0 Å². The molecule has 2 aromatic rings. The highest BCUT2D eigenvalue weighted by Crippen LogP contribution is 2.16. The van der Waals surface area contributed by atoms with Crippen LogP contribution in [-0.4, -0.2) is 14.6 Å². The van der Waals surface area contributed by atoms with Crippen LogP contribution >= 0.6 is 15.9 Å². The van der Waals surface area contributed by atoms with Crippen molar-refractivity contribution in [2.75, 3.05) is 0 Å². The lowest BCUT2D eigenvalue weighted by Crippen LogP contribution is -1.95. The maximum atomic E-state index is 8.86. The van der Waals surface area contributed by atoms with Crippen molar-refractivity contribution in [2.24, 2.45) is 0 Å². The summed E-state index contributed by atoms with van der Waals surface area (Å²) in [4.78, 5) is 4.14. The minimum absolute atomic E-state index is 0.470. The van der Waals surface area contributed by atoms with Gasteiger partial charge in [0.15, 0.2) is 11.3 Å². The van der Waals surface area contributed by atoms with Gasteiger partial charge in [-0.1, -0.05) is 0 Å². The van der Waals surface area contributed by atoms with Gasteiger partial charge in [0.2, 0.25) is 0 Å². The van der Waals surface area contributed by atoms with Crippen LogP contribution in [-0.2, 0) is 0 Å². The van der Waals surface area contributed by atoms with Crippen LogP contribution in [0.5, 0.6) is 0 Å². The van der Waals surface area contributed by atoms with Gasteiger partial charge < -0.3 is 0 Å². The van der Waals surface area contributed by atoms with E-state index in [1.54, 1.807) is 13.0 Å². The molecular weight excluding hydrogens is 232 g/mol. The van der Waals surface area contributed by atoms with Gasteiger partial charge in [0.25, 0.3) is 0 Å². The van der Waals surface area contributed by atoms with Crippen molar-refractivity contribution < 1.29 is 0 Å². The van der Waals surface area contributed by atoms with Gasteiger partial charge >= 0.3 is 0 Å². The quantitative estimate of drug-likeness (QED) is 0.700. The maximum absolute atomic E-state index is 8.86. The molecular formula is C8H5BrN4. The lowest BCUT2D eigenvalue weighted by atomic mass is 10.4. The van der Waals surface area contributed by atoms with Crippen molar-refractivity contribution in [3.05, 3.63) is 28.1 Å². The highest BCUT2D eigenvalue weighted by atomic mass is 79.9. The molecule has 0 aliphatic heterocycles. The van der Waals surface area contributed by atoms with Crippen LogP contribution in [0.3, 0.4) is 0 Å². The normalized spacial score (nSPS) is 10.2. The lowest BCUT2D eigenvalue weighted by Gasteiger charge is -1.96. The molecule has 4 nitrogen and oxygen atoms in total. The van der Waals surface area contributed by atoms with Gasteiger partial charge in [-0.25, -0.2) is 9.50 Å². The Kier molecular flexibility index (Phi) is 1.78. The van der Waals surface area contributed by atoms with Crippen LogP contribution in [0, 0.1) is 18.3 Å². The zero-order valence-electron chi connectivity index (χ0n) is 6.82. The summed E-state index contributed by atoms with van der Waals surface area (Å²) < 4.78 is 2.26. The first-order valence-electron chi connectivity index (χ1n) is 3.64. The van der Waals surface area contributed by atoms with Crippen LogP contribution in [0.2, 0.25) is 0 Å². The Morgan fingerprint density at radius 1 is 1.54 bits per heavy atom. The summed E-state index contributed by atoms with van der Waals surface area (Å²) in [5, 5.41) is 13.0. The fraction of sp³-hybridized carbons (Fsp3) is 0.125. The van der Waals surface area contributed by atoms with Crippen molar-refractivity contribution in [2.45, 2.75) is 6.92 Å². The first kappa shape index (κ1) is 8.20. The number of aromatic nitrogens is 3. The van der Waals surface area contributed by atoms with Crippen molar-refractivity contribution in [1.82, 2.24) is 14.6 Å². The van der Waals surface area contributed by atoms with Gasteiger partial charge in [-0.15, -0.1) is 0 Å². The molecule has 0 aliphatic carbocycles. The van der Waals surface area contributed by atoms with Crippen molar-refractivity contribution in [1.29, 1.82) is 5.26 Å². The molecule has 0 N–H and O–H groups in total. The molecule has 0 saturated heterocycles. The van der Waals surface area contributed by atoms with E-state index in [0.29, 0.717) is 17.2 Å². The monoisotopic (exact) mass is 236 g/mol. The van der Waals surface area contributed by atoms with Gasteiger partial charge in [-0.3, -0.25) is 0 Å². The molecule has 2 heterocycles. The average Bonchev–Trinajstić information content (AvgIpc) is 2.45. The molecule has 2 aromatic heterocycles. The Labute approximate surface area is 82.9 Å². The van der Waals surface area contributed by atoms with E-state index >= 15 is 0 Å². The van der Waals surface area contributed by atoms with Crippen LogP contribution < -0.4 is 0 Å². The summed E-state index contributed by atoms with van der Waals surface area (Å²) >= 11 is 3.28. The maximum Gasteiger partial charge on any atom is 0.158 e. The summed E-state index contributed by atoms with van der Waals surface area (Å²) in [5.74, 6) is 0.662. The molecule has 0 radical (unpaired) electrons. The molecule has 5 heteroatoms. The van der Waals surface area contributed by atoms with Gasteiger partial charge in [-0.2, -0.15) is 10.4 Å². The molecule has 0 amide bonds. The Morgan fingerprint density at radius 2 is 2.31 bits per heavy atom. The molecule has 13 heavy (non-hydrogen) atoms. The fourth-order valence-corrected chi connectivity index (χ4v) is 1.52. The third-order valence-corrected chi connectivity index (χ3v) is 2.30. The van der Waals surface area contributed by atoms with E-state index in [4.69, 9.17) is 5.26 Å². The third kappa shape index (κ3) is 1.19. The SMILES string of the molecule is Cc1nc2ccc(Br)c(C#N)n2n1. The highest BCUT2D eigenvalue weighted by molar-refractivity contribution is 9.10. The summed E-state index contributed by atoms with van der Waals surface area (Å²) in [6, 6.07) is 5.67. The number of aryl methyl sites for hydroxylation is 1.